The topological polar surface area (TPSA) is 64.2 Å². The van der Waals surface area contributed by atoms with E-state index in [4.69, 9.17) is 0 Å². The predicted molar refractivity (Wildman–Crippen MR) is 98.6 cm³/mol. The quantitative estimate of drug-likeness (QED) is 0.698. The monoisotopic (exact) mass is 364 g/mol. The van der Waals surface area contributed by atoms with E-state index in [0.717, 1.165) is 39.3 Å². The van der Waals surface area contributed by atoms with E-state index in [9.17, 15) is 14.4 Å². The third-order valence-corrected chi connectivity index (χ3v) is 6.28. The van der Waals surface area contributed by atoms with Gasteiger partial charge in [-0.05, 0) is 13.1 Å². The van der Waals surface area contributed by atoms with Crippen LogP contribution in [-0.2, 0) is 14.4 Å². The number of amides is 2. The molecule has 0 N–H and O–H groups in total. The molecule has 7 nitrogen and oxygen atoms in total. The highest BCUT2D eigenvalue weighted by molar-refractivity contribution is 5.98. The Kier molecular flexibility index (Phi) is 6.29. The number of rotatable bonds is 4. The number of piperazine rings is 2. The average molecular weight is 364 g/mol. The number of carbonyl (C=O) groups is 3. The molecular formula is C19H32N4O3. The summed E-state index contributed by atoms with van der Waals surface area (Å²) in [6.07, 6.45) is 0.469. The van der Waals surface area contributed by atoms with Crippen molar-refractivity contribution in [2.75, 3.05) is 65.4 Å². The van der Waals surface area contributed by atoms with E-state index >= 15 is 0 Å². The minimum Gasteiger partial charge on any atom is -0.340 e. The van der Waals surface area contributed by atoms with Gasteiger partial charge < -0.3 is 19.6 Å². The largest absolute Gasteiger partial charge is 0.340 e. The van der Waals surface area contributed by atoms with Crippen LogP contribution in [0.3, 0.4) is 0 Å². The standard InChI is InChI=1S/C19H32N4O3/c1-3-20-5-9-22(10-6-20)18(25)16-13-15(24)14-17(16)19(26)23-11-7-21(4-2)8-12-23/h16-17H,3-14H2,1-2H3/t16-,17+. The van der Waals surface area contributed by atoms with E-state index in [1.54, 1.807) is 0 Å². The van der Waals surface area contributed by atoms with Crippen LogP contribution >= 0.6 is 0 Å². The first-order chi connectivity index (χ1) is 12.5. The first-order valence-corrected chi connectivity index (χ1v) is 10.1. The van der Waals surface area contributed by atoms with Crippen LogP contribution in [0.5, 0.6) is 0 Å². The Morgan fingerprint density at radius 3 is 1.38 bits per heavy atom. The summed E-state index contributed by atoms with van der Waals surface area (Å²) >= 11 is 0. The second-order valence-corrected chi connectivity index (χ2v) is 7.68. The molecule has 2 heterocycles. The molecule has 3 fully saturated rings. The number of hydrogen-bond acceptors (Lipinski definition) is 5. The fraction of sp³-hybridized carbons (Fsp3) is 0.842. The second-order valence-electron chi connectivity index (χ2n) is 7.68. The summed E-state index contributed by atoms with van der Waals surface area (Å²) in [7, 11) is 0. The average Bonchev–Trinajstić information content (AvgIpc) is 3.08. The zero-order chi connectivity index (χ0) is 18.7. The van der Waals surface area contributed by atoms with Crippen molar-refractivity contribution >= 4 is 17.6 Å². The molecule has 0 aromatic heterocycles. The zero-order valence-electron chi connectivity index (χ0n) is 16.2. The first-order valence-electron chi connectivity index (χ1n) is 10.1. The fourth-order valence-electron chi connectivity index (χ4n) is 4.42. The molecule has 2 aliphatic heterocycles. The third kappa shape index (κ3) is 4.09. The van der Waals surface area contributed by atoms with Crippen molar-refractivity contribution in [1.82, 2.24) is 19.6 Å². The van der Waals surface area contributed by atoms with Crippen LogP contribution in [0.15, 0.2) is 0 Å². The SMILES string of the molecule is CCN1CCN(C(=O)[C@H]2CC(=O)C[C@H]2C(=O)N2CCN(CC)CC2)CC1. The number of Topliss-reactive ketones (excluding diaryl/α,β-unsaturated/α-hetero) is 1. The van der Waals surface area contributed by atoms with Crippen molar-refractivity contribution in [3.63, 3.8) is 0 Å². The van der Waals surface area contributed by atoms with Gasteiger partial charge in [0, 0.05) is 65.2 Å². The van der Waals surface area contributed by atoms with Gasteiger partial charge in [-0.1, -0.05) is 13.8 Å². The lowest BCUT2D eigenvalue weighted by Crippen LogP contribution is -2.53. The summed E-state index contributed by atoms with van der Waals surface area (Å²) < 4.78 is 0. The zero-order valence-corrected chi connectivity index (χ0v) is 16.2. The van der Waals surface area contributed by atoms with Gasteiger partial charge in [0.2, 0.25) is 11.8 Å². The maximum atomic E-state index is 13.0. The molecule has 2 saturated heterocycles. The lowest BCUT2D eigenvalue weighted by atomic mass is 9.92. The van der Waals surface area contributed by atoms with Crippen LogP contribution in [0.2, 0.25) is 0 Å². The van der Waals surface area contributed by atoms with Crippen LogP contribution in [0.1, 0.15) is 26.7 Å². The van der Waals surface area contributed by atoms with Gasteiger partial charge >= 0.3 is 0 Å². The Bertz CT molecular complexity index is 491. The number of hydrogen-bond donors (Lipinski definition) is 0. The molecule has 0 aromatic carbocycles. The van der Waals surface area contributed by atoms with E-state index < -0.39 is 11.8 Å². The maximum Gasteiger partial charge on any atom is 0.227 e. The molecule has 1 saturated carbocycles. The normalized spacial score (nSPS) is 28.6. The van der Waals surface area contributed by atoms with Crippen molar-refractivity contribution in [1.29, 1.82) is 0 Å². The summed E-state index contributed by atoms with van der Waals surface area (Å²) in [5, 5.41) is 0. The van der Waals surface area contributed by atoms with Gasteiger partial charge in [-0.2, -0.15) is 0 Å². The molecule has 2 atom stereocenters. The highest BCUT2D eigenvalue weighted by Gasteiger charge is 2.45. The van der Waals surface area contributed by atoms with E-state index in [2.05, 4.69) is 23.6 Å². The van der Waals surface area contributed by atoms with E-state index in [1.165, 1.54) is 0 Å². The van der Waals surface area contributed by atoms with Gasteiger partial charge in [0.15, 0.2) is 0 Å². The molecule has 0 aromatic rings. The minimum absolute atomic E-state index is 0.0112. The second kappa shape index (κ2) is 8.48. The molecule has 0 radical (unpaired) electrons. The molecule has 146 valence electrons. The van der Waals surface area contributed by atoms with Gasteiger partial charge in [-0.25, -0.2) is 0 Å². The first kappa shape index (κ1) is 19.3. The van der Waals surface area contributed by atoms with E-state index in [-0.39, 0.29) is 30.4 Å². The lowest BCUT2D eigenvalue weighted by Gasteiger charge is -2.38. The Morgan fingerprint density at radius 2 is 1.08 bits per heavy atom. The highest BCUT2D eigenvalue weighted by Crippen LogP contribution is 2.33. The number of nitrogens with zero attached hydrogens (tertiary/aromatic N) is 4. The van der Waals surface area contributed by atoms with E-state index in [1.807, 2.05) is 9.80 Å². The molecular weight excluding hydrogens is 332 g/mol. The molecule has 3 rings (SSSR count). The van der Waals surface area contributed by atoms with Crippen molar-refractivity contribution < 1.29 is 14.4 Å². The van der Waals surface area contributed by atoms with Crippen LogP contribution in [0, 0.1) is 11.8 Å². The summed E-state index contributed by atoms with van der Waals surface area (Å²) in [4.78, 5) is 46.5. The van der Waals surface area contributed by atoms with Crippen molar-refractivity contribution in [2.45, 2.75) is 26.7 Å². The van der Waals surface area contributed by atoms with Crippen LogP contribution < -0.4 is 0 Å². The third-order valence-electron chi connectivity index (χ3n) is 6.28. The smallest absolute Gasteiger partial charge is 0.227 e. The van der Waals surface area contributed by atoms with Crippen molar-refractivity contribution in [3.8, 4) is 0 Å². The van der Waals surface area contributed by atoms with Crippen molar-refractivity contribution in [2.24, 2.45) is 11.8 Å². The highest BCUT2D eigenvalue weighted by atomic mass is 16.2. The number of likely N-dealkylation sites (N-methyl/N-ethyl adjacent to an activating group) is 2. The Hall–Kier alpha value is -1.47. The fourth-order valence-corrected chi connectivity index (χ4v) is 4.42. The van der Waals surface area contributed by atoms with Crippen molar-refractivity contribution in [3.05, 3.63) is 0 Å². The lowest BCUT2D eigenvalue weighted by molar-refractivity contribution is -0.147. The molecule has 3 aliphatic rings. The summed E-state index contributed by atoms with van der Waals surface area (Å²) in [5.74, 6) is -0.824. The van der Waals surface area contributed by atoms with Gasteiger partial charge in [0.25, 0.3) is 0 Å². The van der Waals surface area contributed by atoms with Gasteiger partial charge in [-0.15, -0.1) is 0 Å². The molecule has 0 bridgehead atoms. The minimum atomic E-state index is -0.451. The van der Waals surface area contributed by atoms with Gasteiger partial charge in [0.1, 0.15) is 5.78 Å². The molecule has 1 aliphatic carbocycles. The summed E-state index contributed by atoms with van der Waals surface area (Å²) in [6, 6.07) is 0. The van der Waals surface area contributed by atoms with E-state index in [0.29, 0.717) is 26.2 Å². The maximum absolute atomic E-state index is 13.0. The Labute approximate surface area is 156 Å². The van der Waals surface area contributed by atoms with Crippen LogP contribution in [0.4, 0.5) is 0 Å². The Morgan fingerprint density at radius 1 is 0.731 bits per heavy atom. The van der Waals surface area contributed by atoms with Gasteiger partial charge in [-0.3, -0.25) is 14.4 Å². The number of carbonyl (C=O) groups excluding carboxylic acids is 3. The van der Waals surface area contributed by atoms with Crippen LogP contribution in [0.25, 0.3) is 0 Å². The summed E-state index contributed by atoms with van der Waals surface area (Å²) in [5.41, 5.74) is 0. The van der Waals surface area contributed by atoms with Crippen LogP contribution in [-0.4, -0.2) is 103 Å². The molecule has 0 spiro atoms. The summed E-state index contributed by atoms with van der Waals surface area (Å²) in [6.45, 7) is 12.5. The number of ketones is 1. The Balaban J connectivity index is 1.62. The predicted octanol–water partition coefficient (Wildman–Crippen LogP) is -0.0901. The molecule has 7 heteroatoms. The molecule has 0 unspecified atom stereocenters. The molecule has 26 heavy (non-hydrogen) atoms. The molecule has 2 amide bonds. The van der Waals surface area contributed by atoms with Gasteiger partial charge in [0.05, 0.1) is 11.8 Å².